The van der Waals surface area contributed by atoms with E-state index in [2.05, 4.69) is 9.71 Å². The topological polar surface area (TPSA) is 76.5 Å². The minimum Gasteiger partial charge on any atom is -0.494 e. The molecule has 0 spiro atoms. The highest BCUT2D eigenvalue weighted by Gasteiger charge is 2.32. The van der Waals surface area contributed by atoms with Gasteiger partial charge in [-0.05, 0) is 12.1 Å². The Hall–Kier alpha value is -2.42. The average Bonchev–Trinajstić information content (AvgIpc) is 3.04. The van der Waals surface area contributed by atoms with E-state index < -0.39 is 22.9 Å². The molecule has 3 rings (SSSR count). The summed E-state index contributed by atoms with van der Waals surface area (Å²) in [5, 5.41) is 0. The summed E-state index contributed by atoms with van der Waals surface area (Å²) in [4.78, 5) is 15.5. The molecule has 7 nitrogen and oxygen atoms in total. The van der Waals surface area contributed by atoms with Crippen molar-refractivity contribution >= 4 is 22.8 Å². The molecular weight excluding hydrogens is 311 g/mol. The molecule has 0 radical (unpaired) electrons. The van der Waals surface area contributed by atoms with Gasteiger partial charge in [0.1, 0.15) is 18.0 Å². The van der Waals surface area contributed by atoms with E-state index in [1.807, 2.05) is 0 Å². The van der Waals surface area contributed by atoms with Gasteiger partial charge in [0, 0.05) is 18.8 Å². The van der Waals surface area contributed by atoms with Gasteiger partial charge in [0.25, 0.3) is 5.91 Å². The molecule has 9 heteroatoms. The van der Waals surface area contributed by atoms with E-state index in [1.54, 1.807) is 30.2 Å². The number of benzene rings is 1. The van der Waals surface area contributed by atoms with Crippen LogP contribution in [0.1, 0.15) is 0 Å². The zero-order valence-corrected chi connectivity index (χ0v) is 12.7. The number of amides is 1. The van der Waals surface area contributed by atoms with E-state index >= 15 is 0 Å². The van der Waals surface area contributed by atoms with Crippen LogP contribution >= 0.6 is 0 Å². The number of aryl methyl sites for hydroxylation is 1. The van der Waals surface area contributed by atoms with Gasteiger partial charge in [-0.15, -0.1) is 0 Å². The van der Waals surface area contributed by atoms with Crippen LogP contribution < -0.4 is 13.8 Å². The fourth-order valence-electron chi connectivity index (χ4n) is 2.23. The van der Waals surface area contributed by atoms with Gasteiger partial charge in [0.2, 0.25) is 11.2 Å². The normalized spacial score (nSPS) is 17.7. The number of hydrogen-bond donors (Lipinski definition) is 1. The highest BCUT2D eigenvalue weighted by atomic mass is 32.2. The van der Waals surface area contributed by atoms with Crippen LogP contribution in [0.4, 0.5) is 10.1 Å². The van der Waals surface area contributed by atoms with Crippen molar-refractivity contribution in [2.24, 2.45) is 7.05 Å². The zero-order chi connectivity index (χ0) is 15.9. The number of imidazole rings is 1. The van der Waals surface area contributed by atoms with Crippen LogP contribution in [0.2, 0.25) is 0 Å². The first kappa shape index (κ1) is 14.5. The maximum absolute atomic E-state index is 14.9. The number of ether oxygens (including phenoxy) is 1. The number of carbonyl (C=O) groups excluding carboxylic acids is 1. The fourth-order valence-corrected chi connectivity index (χ4v) is 3.17. The number of nitrogens with zero attached hydrogens (tertiary/aromatic N) is 3. The highest BCUT2D eigenvalue weighted by molar-refractivity contribution is 7.85. The Morgan fingerprint density at radius 2 is 2.23 bits per heavy atom. The monoisotopic (exact) mass is 324 g/mol. The number of anilines is 1. The summed E-state index contributed by atoms with van der Waals surface area (Å²) in [6.07, 6.45) is 3.22. The second-order valence-electron chi connectivity index (χ2n) is 4.71. The molecule has 0 saturated carbocycles. The Labute approximate surface area is 128 Å². The van der Waals surface area contributed by atoms with Crippen molar-refractivity contribution in [3.8, 4) is 17.0 Å². The molecule has 0 aliphatic carbocycles. The van der Waals surface area contributed by atoms with E-state index in [4.69, 9.17) is 4.74 Å². The standard InChI is InChI=1S/C13H13FN4O3S/c1-17-5-9(15-7-17)8-3-4-10(21-2)13(12(8)14)18-6-11(19)16-22(18)20/h3-5,7H,6H2,1-2H3,(H,16,19). The smallest absolute Gasteiger partial charge is 0.253 e. The molecule has 1 fully saturated rings. The number of carbonyl (C=O) groups is 1. The Morgan fingerprint density at radius 1 is 1.45 bits per heavy atom. The quantitative estimate of drug-likeness (QED) is 0.904. The molecule has 22 heavy (non-hydrogen) atoms. The molecule has 1 saturated heterocycles. The summed E-state index contributed by atoms with van der Waals surface area (Å²) < 4.78 is 37.0. The average molecular weight is 324 g/mol. The molecule has 2 heterocycles. The van der Waals surface area contributed by atoms with Gasteiger partial charge in [-0.3, -0.25) is 13.8 Å². The number of halogens is 1. The first-order chi connectivity index (χ1) is 10.5. The number of hydrogen-bond acceptors (Lipinski definition) is 4. The number of methoxy groups -OCH3 is 1. The third-order valence-corrected chi connectivity index (χ3v) is 4.33. The lowest BCUT2D eigenvalue weighted by Gasteiger charge is -2.19. The van der Waals surface area contributed by atoms with E-state index in [1.165, 1.54) is 13.2 Å². The molecule has 1 N–H and O–H groups in total. The second-order valence-corrected chi connectivity index (χ2v) is 5.86. The SMILES string of the molecule is COc1ccc(-c2cn(C)cn2)c(F)c1N1CC(=O)NS1=O. The minimum absolute atomic E-state index is 0.0256. The molecule has 1 aromatic carbocycles. The summed E-state index contributed by atoms with van der Waals surface area (Å²) in [7, 11) is 3.16. The summed E-state index contributed by atoms with van der Waals surface area (Å²) in [6, 6.07) is 3.09. The van der Waals surface area contributed by atoms with Gasteiger partial charge in [-0.2, -0.15) is 0 Å². The van der Waals surface area contributed by atoms with Gasteiger partial charge < -0.3 is 9.30 Å². The van der Waals surface area contributed by atoms with Crippen molar-refractivity contribution in [2.75, 3.05) is 18.0 Å². The van der Waals surface area contributed by atoms with Crippen molar-refractivity contribution in [1.82, 2.24) is 14.3 Å². The molecule has 1 atom stereocenters. The summed E-state index contributed by atoms with van der Waals surface area (Å²) >= 11 is -1.84. The van der Waals surface area contributed by atoms with Crippen LogP contribution in [0.3, 0.4) is 0 Å². The number of aromatic nitrogens is 2. The molecule has 2 aromatic rings. The Balaban J connectivity index is 2.15. The summed E-state index contributed by atoms with van der Waals surface area (Å²) in [5.41, 5.74) is 0.656. The second kappa shape index (κ2) is 5.41. The lowest BCUT2D eigenvalue weighted by atomic mass is 10.1. The number of rotatable bonds is 3. The molecule has 1 aliphatic rings. The first-order valence-corrected chi connectivity index (χ1v) is 7.45. The predicted octanol–water partition coefficient (Wildman–Crippen LogP) is 0.750. The molecule has 0 bridgehead atoms. The van der Waals surface area contributed by atoms with Crippen molar-refractivity contribution in [3.05, 3.63) is 30.5 Å². The van der Waals surface area contributed by atoms with Gasteiger partial charge in [-0.1, -0.05) is 0 Å². The lowest BCUT2D eigenvalue weighted by molar-refractivity contribution is -0.117. The predicted molar refractivity (Wildman–Crippen MR) is 78.8 cm³/mol. The van der Waals surface area contributed by atoms with Gasteiger partial charge in [0.05, 0.1) is 19.1 Å². The first-order valence-electron chi connectivity index (χ1n) is 6.35. The Morgan fingerprint density at radius 3 is 2.77 bits per heavy atom. The van der Waals surface area contributed by atoms with Crippen LogP contribution in [0.25, 0.3) is 11.3 Å². The molecule has 1 aromatic heterocycles. The maximum atomic E-state index is 14.9. The molecule has 116 valence electrons. The lowest BCUT2D eigenvalue weighted by Crippen LogP contribution is -2.24. The minimum atomic E-state index is -1.84. The van der Waals surface area contributed by atoms with E-state index in [0.29, 0.717) is 5.69 Å². The van der Waals surface area contributed by atoms with Crippen molar-refractivity contribution < 1.29 is 18.1 Å². The zero-order valence-electron chi connectivity index (χ0n) is 11.9. The largest absolute Gasteiger partial charge is 0.494 e. The summed E-state index contributed by atoms with van der Waals surface area (Å²) in [6.45, 7) is -0.203. The van der Waals surface area contributed by atoms with Gasteiger partial charge in [0.15, 0.2) is 5.82 Å². The van der Waals surface area contributed by atoms with Gasteiger partial charge >= 0.3 is 0 Å². The molecule has 1 unspecified atom stereocenters. The third kappa shape index (κ3) is 2.33. The number of nitrogens with one attached hydrogen (secondary N) is 1. The van der Waals surface area contributed by atoms with Crippen LogP contribution in [0, 0.1) is 5.82 Å². The van der Waals surface area contributed by atoms with Crippen LogP contribution in [-0.4, -0.2) is 33.3 Å². The van der Waals surface area contributed by atoms with Crippen molar-refractivity contribution in [1.29, 1.82) is 0 Å². The molecular formula is C13H13FN4O3S. The van der Waals surface area contributed by atoms with E-state index in [0.717, 1.165) is 4.31 Å². The van der Waals surface area contributed by atoms with E-state index in [-0.39, 0.29) is 23.5 Å². The van der Waals surface area contributed by atoms with E-state index in [9.17, 15) is 13.4 Å². The summed E-state index contributed by atoms with van der Waals surface area (Å²) in [5.74, 6) is -0.882. The fraction of sp³-hybridized carbons (Fsp3) is 0.231. The van der Waals surface area contributed by atoms with Crippen molar-refractivity contribution in [2.45, 2.75) is 0 Å². The highest BCUT2D eigenvalue weighted by Crippen LogP contribution is 2.38. The molecule has 1 amide bonds. The Bertz CT molecular complexity index is 777. The van der Waals surface area contributed by atoms with Crippen molar-refractivity contribution in [3.63, 3.8) is 0 Å². The third-order valence-electron chi connectivity index (χ3n) is 3.22. The molecule has 1 aliphatic heterocycles. The van der Waals surface area contributed by atoms with Crippen LogP contribution in [0.5, 0.6) is 5.75 Å². The van der Waals surface area contributed by atoms with Gasteiger partial charge in [-0.25, -0.2) is 13.6 Å². The Kier molecular flexibility index (Phi) is 3.57. The van der Waals surface area contributed by atoms with Crippen LogP contribution in [0.15, 0.2) is 24.7 Å². The van der Waals surface area contributed by atoms with Crippen LogP contribution in [-0.2, 0) is 23.0 Å². The maximum Gasteiger partial charge on any atom is 0.253 e.